The molecular weight excluding hydrogens is 319 g/mol. The molecule has 2 N–H and O–H groups in total. The highest BCUT2D eigenvalue weighted by Gasteiger charge is 2.27. The van der Waals surface area contributed by atoms with Gasteiger partial charge in [0.15, 0.2) is 23.3 Å². The van der Waals surface area contributed by atoms with Crippen LogP contribution in [-0.4, -0.2) is 23.2 Å². The van der Waals surface area contributed by atoms with Crippen molar-refractivity contribution in [2.24, 2.45) is 0 Å². The lowest BCUT2D eigenvalue weighted by Crippen LogP contribution is -2.16. The monoisotopic (exact) mass is 324 g/mol. The number of aromatic nitrogens is 2. The maximum atomic E-state index is 13.4. The first-order valence-corrected chi connectivity index (χ1v) is 6.02. The Kier molecular flexibility index (Phi) is 4.02. The van der Waals surface area contributed by atoms with E-state index in [4.69, 9.17) is 0 Å². The highest BCUT2D eigenvalue weighted by atomic mass is 32.1. The van der Waals surface area contributed by atoms with Gasteiger partial charge in [0.1, 0.15) is 5.69 Å². The molecule has 2 aromatic rings. The van der Waals surface area contributed by atoms with Gasteiger partial charge in [0.2, 0.25) is 16.0 Å². The first kappa shape index (κ1) is 15.1. The van der Waals surface area contributed by atoms with Crippen molar-refractivity contribution in [2.45, 2.75) is 0 Å². The zero-order valence-corrected chi connectivity index (χ0v) is 10.9. The number of rotatable bonds is 3. The molecule has 0 aliphatic rings. The summed E-state index contributed by atoms with van der Waals surface area (Å²) in [6.07, 6.45) is 0. The molecular formula is C10H5F5N4OS. The summed E-state index contributed by atoms with van der Waals surface area (Å²) in [4.78, 5) is 11.7. The molecule has 1 amide bonds. The Morgan fingerprint density at radius 1 is 0.952 bits per heavy atom. The van der Waals surface area contributed by atoms with Crippen molar-refractivity contribution < 1.29 is 26.7 Å². The Morgan fingerprint density at radius 2 is 1.48 bits per heavy atom. The van der Waals surface area contributed by atoms with Crippen LogP contribution in [0.15, 0.2) is 0 Å². The smallest absolute Gasteiger partial charge is 0.286 e. The maximum Gasteiger partial charge on any atom is 0.286 e. The van der Waals surface area contributed by atoms with E-state index in [1.807, 2.05) is 0 Å². The molecule has 0 bridgehead atoms. The third-order valence-electron chi connectivity index (χ3n) is 2.28. The predicted octanol–water partition coefficient (Wildman–Crippen LogP) is 2.53. The van der Waals surface area contributed by atoms with E-state index in [9.17, 15) is 26.7 Å². The number of hydrogen-bond acceptors (Lipinski definition) is 5. The molecule has 112 valence electrons. The number of benzene rings is 1. The van der Waals surface area contributed by atoms with Crippen LogP contribution in [-0.2, 0) is 0 Å². The van der Waals surface area contributed by atoms with E-state index in [1.54, 1.807) is 5.32 Å². The number of halogens is 5. The highest BCUT2D eigenvalue weighted by molar-refractivity contribution is 7.17. The molecule has 1 heterocycles. The molecule has 1 aromatic heterocycles. The Bertz CT molecular complexity index is 691. The first-order valence-electron chi connectivity index (χ1n) is 5.20. The van der Waals surface area contributed by atoms with Gasteiger partial charge in [0.25, 0.3) is 5.91 Å². The summed E-state index contributed by atoms with van der Waals surface area (Å²) >= 11 is 0.732. The van der Waals surface area contributed by atoms with Crippen molar-refractivity contribution in [3.05, 3.63) is 34.1 Å². The first-order chi connectivity index (χ1) is 9.86. The Balaban J connectivity index is 2.38. The van der Waals surface area contributed by atoms with E-state index >= 15 is 0 Å². The van der Waals surface area contributed by atoms with Gasteiger partial charge in [-0.05, 0) is 0 Å². The van der Waals surface area contributed by atoms with Crippen LogP contribution in [0.5, 0.6) is 0 Å². The fourth-order valence-corrected chi connectivity index (χ4v) is 1.89. The lowest BCUT2D eigenvalue weighted by molar-refractivity contribution is 0.102. The van der Waals surface area contributed by atoms with E-state index in [0.29, 0.717) is 0 Å². The lowest BCUT2D eigenvalue weighted by Gasteiger charge is -2.08. The number of carbonyl (C=O) groups is 1. The number of amides is 1. The minimum absolute atomic E-state index is 0.234. The molecule has 0 saturated carbocycles. The summed E-state index contributed by atoms with van der Waals surface area (Å²) in [5.41, 5.74) is -1.45. The molecule has 0 atom stereocenters. The molecule has 0 unspecified atom stereocenters. The average molecular weight is 324 g/mol. The zero-order chi connectivity index (χ0) is 15.7. The van der Waals surface area contributed by atoms with E-state index in [2.05, 4.69) is 15.5 Å². The van der Waals surface area contributed by atoms with Crippen LogP contribution < -0.4 is 10.6 Å². The summed E-state index contributed by atoms with van der Waals surface area (Å²) < 4.78 is 65.5. The molecule has 1 aromatic carbocycles. The number of carbonyl (C=O) groups excluding carboxylic acids is 1. The molecule has 0 spiro atoms. The van der Waals surface area contributed by atoms with Crippen molar-refractivity contribution >= 4 is 28.1 Å². The summed E-state index contributed by atoms with van der Waals surface area (Å²) in [5.74, 6) is -12.1. The Labute approximate surface area is 117 Å². The van der Waals surface area contributed by atoms with Gasteiger partial charge >= 0.3 is 0 Å². The van der Waals surface area contributed by atoms with Crippen molar-refractivity contribution in [3.8, 4) is 0 Å². The van der Waals surface area contributed by atoms with Gasteiger partial charge < -0.3 is 10.6 Å². The maximum absolute atomic E-state index is 13.4. The van der Waals surface area contributed by atoms with E-state index in [1.165, 1.54) is 7.05 Å². The number of nitrogens with one attached hydrogen (secondary N) is 2. The zero-order valence-electron chi connectivity index (χ0n) is 10.1. The molecule has 0 radical (unpaired) electrons. The van der Waals surface area contributed by atoms with E-state index in [0.717, 1.165) is 11.3 Å². The second kappa shape index (κ2) is 5.60. The molecule has 0 fully saturated rings. The minimum Gasteiger partial charge on any atom is -0.363 e. The average Bonchev–Trinajstić information content (AvgIpc) is 2.96. The summed E-state index contributed by atoms with van der Waals surface area (Å²) in [6.45, 7) is 0. The van der Waals surface area contributed by atoms with Crippen molar-refractivity contribution in [1.82, 2.24) is 10.2 Å². The van der Waals surface area contributed by atoms with Crippen LogP contribution in [0.1, 0.15) is 9.80 Å². The topological polar surface area (TPSA) is 66.9 Å². The highest BCUT2D eigenvalue weighted by Crippen LogP contribution is 2.27. The second-order valence-corrected chi connectivity index (χ2v) is 4.54. The van der Waals surface area contributed by atoms with Gasteiger partial charge in [0.05, 0.1) is 0 Å². The summed E-state index contributed by atoms with van der Waals surface area (Å²) in [5, 5.41) is 10.9. The van der Waals surface area contributed by atoms with Crippen LogP contribution in [0.25, 0.3) is 0 Å². The fraction of sp³-hybridized carbons (Fsp3) is 0.100. The largest absolute Gasteiger partial charge is 0.363 e. The predicted molar refractivity (Wildman–Crippen MR) is 63.6 cm³/mol. The molecule has 5 nitrogen and oxygen atoms in total. The van der Waals surface area contributed by atoms with Gasteiger partial charge in [-0.25, -0.2) is 22.0 Å². The van der Waals surface area contributed by atoms with Crippen LogP contribution in [0.2, 0.25) is 0 Å². The van der Waals surface area contributed by atoms with Crippen LogP contribution in [0.4, 0.5) is 32.8 Å². The van der Waals surface area contributed by atoms with Crippen molar-refractivity contribution in [3.63, 3.8) is 0 Å². The lowest BCUT2D eigenvalue weighted by atomic mass is 10.2. The number of hydrogen-bond donors (Lipinski definition) is 2. The Hall–Kier alpha value is -2.30. The second-order valence-electron chi connectivity index (χ2n) is 3.56. The third kappa shape index (κ3) is 2.63. The van der Waals surface area contributed by atoms with Crippen LogP contribution in [0.3, 0.4) is 0 Å². The molecule has 2 rings (SSSR count). The van der Waals surface area contributed by atoms with Crippen molar-refractivity contribution in [2.75, 3.05) is 17.7 Å². The quantitative estimate of drug-likeness (QED) is 0.517. The third-order valence-corrected chi connectivity index (χ3v) is 3.22. The minimum atomic E-state index is -2.31. The van der Waals surface area contributed by atoms with Crippen molar-refractivity contribution in [1.29, 1.82) is 0 Å². The number of nitrogens with zero attached hydrogens (tertiary/aromatic N) is 2. The summed E-state index contributed by atoms with van der Waals surface area (Å²) in [7, 11) is 1.49. The van der Waals surface area contributed by atoms with Crippen LogP contribution in [0, 0.1) is 29.1 Å². The molecule has 0 aliphatic heterocycles. The SMILES string of the molecule is CNc1nnc(C(=O)Nc2c(F)c(F)c(F)c(F)c2F)s1. The standard InChI is InChI=1S/C10H5F5N4OS/c1-16-10-19-18-9(21-10)8(20)17-7-5(14)3(12)2(11)4(13)6(7)15/h1H3,(H,16,19)(H,17,20). The molecule has 0 aliphatic carbocycles. The normalized spacial score (nSPS) is 10.6. The molecule has 21 heavy (non-hydrogen) atoms. The van der Waals surface area contributed by atoms with E-state index in [-0.39, 0.29) is 10.1 Å². The molecule has 11 heteroatoms. The Morgan fingerprint density at radius 3 is 1.95 bits per heavy atom. The van der Waals surface area contributed by atoms with Gasteiger partial charge in [0, 0.05) is 7.05 Å². The summed E-state index contributed by atoms with van der Waals surface area (Å²) in [6, 6.07) is 0. The van der Waals surface area contributed by atoms with Gasteiger partial charge in [-0.2, -0.15) is 0 Å². The molecule has 0 saturated heterocycles. The fourth-order valence-electron chi connectivity index (χ4n) is 1.30. The number of anilines is 2. The van der Waals surface area contributed by atoms with E-state index < -0.39 is 40.7 Å². The van der Waals surface area contributed by atoms with Gasteiger partial charge in [-0.3, -0.25) is 4.79 Å². The van der Waals surface area contributed by atoms with Gasteiger partial charge in [-0.1, -0.05) is 11.3 Å². The van der Waals surface area contributed by atoms with Crippen LogP contribution >= 0.6 is 11.3 Å². The van der Waals surface area contributed by atoms with Gasteiger partial charge in [-0.15, -0.1) is 10.2 Å².